The number of nitrogens with one attached hydrogen (secondary N) is 1. The molecule has 2 fully saturated rings. The zero-order valence-electron chi connectivity index (χ0n) is 12.6. The molecule has 0 spiro atoms. The highest BCUT2D eigenvalue weighted by Crippen LogP contribution is 2.26. The van der Waals surface area contributed by atoms with Crippen molar-refractivity contribution in [2.24, 2.45) is 5.92 Å². The molecule has 1 saturated carbocycles. The number of carbonyl (C=O) groups excluding carboxylic acids is 1. The number of halogens is 1. The van der Waals surface area contributed by atoms with Gasteiger partial charge in [0.15, 0.2) is 0 Å². The van der Waals surface area contributed by atoms with Crippen LogP contribution in [-0.4, -0.2) is 43.3 Å². The van der Waals surface area contributed by atoms with E-state index in [9.17, 15) is 4.79 Å². The van der Waals surface area contributed by atoms with E-state index < -0.39 is 0 Å². The van der Waals surface area contributed by atoms with Gasteiger partial charge in [0.1, 0.15) is 0 Å². The summed E-state index contributed by atoms with van der Waals surface area (Å²) in [4.78, 5) is 14.2. The SMILES string of the molecule is CCOC(=O)N(CC1CCCCC1)C1CCNCC1.Cl. The Morgan fingerprint density at radius 2 is 1.80 bits per heavy atom. The second-order valence-electron chi connectivity index (χ2n) is 5.84. The van der Waals surface area contributed by atoms with Crippen molar-refractivity contribution in [3.8, 4) is 0 Å². The van der Waals surface area contributed by atoms with E-state index in [0.717, 1.165) is 32.5 Å². The van der Waals surface area contributed by atoms with Gasteiger partial charge in [-0.2, -0.15) is 0 Å². The van der Waals surface area contributed by atoms with Crippen LogP contribution < -0.4 is 5.32 Å². The summed E-state index contributed by atoms with van der Waals surface area (Å²) in [7, 11) is 0. The lowest BCUT2D eigenvalue weighted by molar-refractivity contribution is 0.0704. The molecule has 5 heteroatoms. The fraction of sp³-hybridized carbons (Fsp3) is 0.933. The molecule has 0 radical (unpaired) electrons. The predicted molar refractivity (Wildman–Crippen MR) is 83.4 cm³/mol. The molecule has 118 valence electrons. The number of piperidine rings is 1. The summed E-state index contributed by atoms with van der Waals surface area (Å²) in [5.41, 5.74) is 0. The van der Waals surface area contributed by atoms with E-state index in [0.29, 0.717) is 18.6 Å². The van der Waals surface area contributed by atoms with Crippen molar-refractivity contribution in [2.75, 3.05) is 26.2 Å². The Labute approximate surface area is 129 Å². The number of rotatable bonds is 4. The Morgan fingerprint density at radius 3 is 2.40 bits per heavy atom. The van der Waals surface area contributed by atoms with Crippen LogP contribution in [0.25, 0.3) is 0 Å². The average molecular weight is 305 g/mol. The third-order valence-electron chi connectivity index (χ3n) is 4.43. The van der Waals surface area contributed by atoms with Crippen molar-refractivity contribution < 1.29 is 9.53 Å². The van der Waals surface area contributed by atoms with E-state index in [1.807, 2.05) is 11.8 Å². The second-order valence-corrected chi connectivity index (χ2v) is 5.84. The van der Waals surface area contributed by atoms with Crippen LogP contribution in [0.15, 0.2) is 0 Å². The molecule has 1 amide bonds. The van der Waals surface area contributed by atoms with Gasteiger partial charge in [-0.05, 0) is 51.6 Å². The average Bonchev–Trinajstić information content (AvgIpc) is 2.47. The van der Waals surface area contributed by atoms with Crippen LogP contribution in [0, 0.1) is 5.92 Å². The first-order valence-electron chi connectivity index (χ1n) is 7.95. The molecule has 0 atom stereocenters. The molecule has 1 saturated heterocycles. The summed E-state index contributed by atoms with van der Waals surface area (Å²) in [6.07, 6.45) is 8.60. The molecule has 0 aromatic heterocycles. The standard InChI is InChI=1S/C15H28N2O2.ClH/c1-2-19-15(18)17(14-8-10-16-11-9-14)12-13-6-4-3-5-7-13;/h13-14,16H,2-12H2,1H3;1H. The van der Waals surface area contributed by atoms with Crippen molar-refractivity contribution in [1.29, 1.82) is 0 Å². The summed E-state index contributed by atoms with van der Waals surface area (Å²) >= 11 is 0. The molecule has 0 unspecified atom stereocenters. The number of hydrogen-bond donors (Lipinski definition) is 1. The fourth-order valence-corrected chi connectivity index (χ4v) is 3.35. The van der Waals surface area contributed by atoms with Gasteiger partial charge in [-0.15, -0.1) is 12.4 Å². The van der Waals surface area contributed by atoms with E-state index in [2.05, 4.69) is 5.32 Å². The third-order valence-corrected chi connectivity index (χ3v) is 4.43. The van der Waals surface area contributed by atoms with Gasteiger partial charge in [0.2, 0.25) is 0 Å². The number of nitrogens with zero attached hydrogens (tertiary/aromatic N) is 1. The first-order chi connectivity index (χ1) is 9.31. The zero-order chi connectivity index (χ0) is 13.5. The molecule has 0 bridgehead atoms. The van der Waals surface area contributed by atoms with E-state index in [1.165, 1.54) is 32.1 Å². The molecule has 20 heavy (non-hydrogen) atoms. The highest BCUT2D eigenvalue weighted by molar-refractivity contribution is 5.85. The van der Waals surface area contributed by atoms with Crippen molar-refractivity contribution in [2.45, 2.75) is 57.9 Å². The fourth-order valence-electron chi connectivity index (χ4n) is 3.35. The number of hydrogen-bond acceptors (Lipinski definition) is 3. The molecule has 1 heterocycles. The van der Waals surface area contributed by atoms with Gasteiger partial charge in [-0.1, -0.05) is 19.3 Å². The molecule has 1 aliphatic heterocycles. The molecule has 4 nitrogen and oxygen atoms in total. The van der Waals surface area contributed by atoms with Crippen LogP contribution in [0.1, 0.15) is 51.9 Å². The minimum absolute atomic E-state index is 0. The lowest BCUT2D eigenvalue weighted by atomic mass is 9.88. The lowest BCUT2D eigenvalue weighted by Crippen LogP contribution is -2.48. The molecule has 1 aliphatic carbocycles. The Kier molecular flexibility index (Phi) is 8.31. The van der Waals surface area contributed by atoms with Gasteiger partial charge < -0.3 is 15.0 Å². The maximum absolute atomic E-state index is 12.2. The Morgan fingerprint density at radius 1 is 1.15 bits per heavy atom. The molecular formula is C15H29ClN2O2. The van der Waals surface area contributed by atoms with Crippen LogP contribution in [0.4, 0.5) is 4.79 Å². The van der Waals surface area contributed by atoms with Crippen molar-refractivity contribution >= 4 is 18.5 Å². The molecule has 2 rings (SSSR count). The summed E-state index contributed by atoms with van der Waals surface area (Å²) in [5, 5.41) is 3.37. The van der Waals surface area contributed by atoms with Gasteiger partial charge in [0.05, 0.1) is 6.61 Å². The minimum Gasteiger partial charge on any atom is -0.450 e. The van der Waals surface area contributed by atoms with E-state index >= 15 is 0 Å². The number of amides is 1. The topological polar surface area (TPSA) is 41.6 Å². The first kappa shape index (κ1) is 17.6. The van der Waals surface area contributed by atoms with Gasteiger partial charge >= 0.3 is 6.09 Å². The summed E-state index contributed by atoms with van der Waals surface area (Å²) in [5.74, 6) is 0.688. The van der Waals surface area contributed by atoms with Crippen LogP contribution >= 0.6 is 12.4 Å². The summed E-state index contributed by atoms with van der Waals surface area (Å²) in [6, 6.07) is 0.377. The summed E-state index contributed by atoms with van der Waals surface area (Å²) in [6.45, 7) is 5.31. The largest absolute Gasteiger partial charge is 0.450 e. The lowest BCUT2D eigenvalue weighted by Gasteiger charge is -2.37. The van der Waals surface area contributed by atoms with Crippen molar-refractivity contribution in [1.82, 2.24) is 10.2 Å². The van der Waals surface area contributed by atoms with Gasteiger partial charge in [-0.25, -0.2) is 4.79 Å². The van der Waals surface area contributed by atoms with E-state index in [-0.39, 0.29) is 18.5 Å². The normalized spacial score (nSPS) is 21.1. The van der Waals surface area contributed by atoms with Crippen LogP contribution in [0.3, 0.4) is 0 Å². The first-order valence-corrected chi connectivity index (χ1v) is 7.95. The molecule has 1 N–H and O–H groups in total. The highest BCUT2D eigenvalue weighted by Gasteiger charge is 2.29. The van der Waals surface area contributed by atoms with Crippen LogP contribution in [0.2, 0.25) is 0 Å². The molecular weight excluding hydrogens is 276 g/mol. The van der Waals surface area contributed by atoms with E-state index in [4.69, 9.17) is 4.74 Å². The van der Waals surface area contributed by atoms with Gasteiger partial charge in [-0.3, -0.25) is 0 Å². The van der Waals surface area contributed by atoms with Crippen LogP contribution in [-0.2, 0) is 4.74 Å². The monoisotopic (exact) mass is 304 g/mol. The van der Waals surface area contributed by atoms with Crippen molar-refractivity contribution in [3.63, 3.8) is 0 Å². The Hall–Kier alpha value is -0.480. The third kappa shape index (κ3) is 5.13. The minimum atomic E-state index is -0.0972. The highest BCUT2D eigenvalue weighted by atomic mass is 35.5. The number of carbonyl (C=O) groups is 1. The molecule has 0 aromatic rings. The van der Waals surface area contributed by atoms with Gasteiger partial charge in [0, 0.05) is 12.6 Å². The quantitative estimate of drug-likeness (QED) is 0.867. The number of ether oxygens (including phenoxy) is 1. The second kappa shape index (κ2) is 9.46. The molecule has 2 aliphatic rings. The molecule has 0 aromatic carbocycles. The van der Waals surface area contributed by atoms with Gasteiger partial charge in [0.25, 0.3) is 0 Å². The Bertz CT molecular complexity index is 277. The smallest absolute Gasteiger partial charge is 0.410 e. The predicted octanol–water partition coefficient (Wildman–Crippen LogP) is 3.20. The maximum Gasteiger partial charge on any atom is 0.410 e. The van der Waals surface area contributed by atoms with Crippen LogP contribution in [0.5, 0.6) is 0 Å². The maximum atomic E-state index is 12.2. The van der Waals surface area contributed by atoms with E-state index in [1.54, 1.807) is 0 Å². The van der Waals surface area contributed by atoms with Crippen molar-refractivity contribution in [3.05, 3.63) is 0 Å². The Balaban J connectivity index is 0.00000200. The summed E-state index contributed by atoms with van der Waals surface area (Å²) < 4.78 is 5.27. The zero-order valence-corrected chi connectivity index (χ0v) is 13.4.